The molecule has 63 heavy (non-hydrogen) atoms. The Labute approximate surface area is 374 Å². The molecule has 0 radical (unpaired) electrons. The van der Waals surface area contributed by atoms with Crippen molar-refractivity contribution >= 4 is 45.0 Å². The Bertz CT molecular complexity index is 2450. The minimum absolute atomic E-state index is 0.0159. The number of allylic oxidation sites excluding steroid dienone is 1. The first-order chi connectivity index (χ1) is 30.9. The average Bonchev–Trinajstić information content (AvgIpc) is 3.31. The number of fused-ring (bicyclic) bond motifs is 4. The van der Waals surface area contributed by atoms with E-state index in [9.17, 15) is 15.0 Å². The van der Waals surface area contributed by atoms with Gasteiger partial charge in [-0.05, 0) is 101 Å². The quantitative estimate of drug-likeness (QED) is 0.0364. The molecule has 8 rings (SSSR count). The molecule has 11 heteroatoms. The highest BCUT2D eigenvalue weighted by Gasteiger charge is 2.65. The van der Waals surface area contributed by atoms with Crippen molar-refractivity contribution in [3.63, 3.8) is 0 Å². The second-order valence-corrected chi connectivity index (χ2v) is 17.0. The number of unbranched alkanes of at least 4 members (excludes halogenated alkanes) is 2. The maximum Gasteiger partial charge on any atom is 0.410 e. The van der Waals surface area contributed by atoms with Gasteiger partial charge < -0.3 is 34.0 Å². The summed E-state index contributed by atoms with van der Waals surface area (Å²) in [7, 11) is 1.54. The maximum atomic E-state index is 14.7. The number of ether oxygens (including phenoxy) is 4. The Kier molecular flexibility index (Phi) is 14.3. The Morgan fingerprint density at radius 3 is 2.41 bits per heavy atom. The molecule has 0 saturated heterocycles. The van der Waals surface area contributed by atoms with Crippen molar-refractivity contribution in [2.45, 2.75) is 69.2 Å². The molecule has 0 bridgehead atoms. The van der Waals surface area contributed by atoms with Crippen LogP contribution in [0.25, 0.3) is 21.5 Å². The number of amides is 1. The Morgan fingerprint density at radius 2 is 1.63 bits per heavy atom. The monoisotopic (exact) mass is 872 g/mol. The van der Waals surface area contributed by atoms with E-state index in [-0.39, 0.29) is 63.0 Å². The van der Waals surface area contributed by atoms with Crippen LogP contribution >= 0.6 is 11.6 Å². The summed E-state index contributed by atoms with van der Waals surface area (Å²) in [5.41, 5.74) is 3.53. The van der Waals surface area contributed by atoms with Gasteiger partial charge in [-0.25, -0.2) is 4.79 Å². The summed E-state index contributed by atoms with van der Waals surface area (Å²) in [5, 5.41) is 28.9. The lowest BCUT2D eigenvalue weighted by Crippen LogP contribution is -2.70. The molecule has 6 atom stereocenters. The van der Waals surface area contributed by atoms with Crippen molar-refractivity contribution in [3.05, 3.63) is 139 Å². The molecule has 6 unspecified atom stereocenters. The van der Waals surface area contributed by atoms with Crippen LogP contribution in [-0.2, 0) is 20.9 Å². The highest BCUT2D eigenvalue weighted by atomic mass is 35.5. The SMILES string of the molecule is C=CCOC12Oc3ccc(Oc4ccc5ccccc5c4)cc3C3C(CCCCO)C(CCCCO)C=C(C(=NOC)CC1N(Cc1cccc4ccccc14)C(=O)OCCCl)C32. The van der Waals surface area contributed by atoms with Crippen molar-refractivity contribution in [1.29, 1.82) is 0 Å². The van der Waals surface area contributed by atoms with E-state index in [1.165, 1.54) is 0 Å². The third kappa shape index (κ3) is 9.18. The van der Waals surface area contributed by atoms with Crippen molar-refractivity contribution < 1.29 is 38.8 Å². The van der Waals surface area contributed by atoms with E-state index in [2.05, 4.69) is 55.1 Å². The van der Waals surface area contributed by atoms with Gasteiger partial charge in [0.1, 0.15) is 37.0 Å². The van der Waals surface area contributed by atoms with E-state index in [1.807, 2.05) is 60.7 Å². The fourth-order valence-corrected chi connectivity index (χ4v) is 10.4. The highest BCUT2D eigenvalue weighted by molar-refractivity contribution is 6.18. The Morgan fingerprint density at radius 1 is 0.905 bits per heavy atom. The Balaban J connectivity index is 1.33. The number of aliphatic hydroxyl groups is 2. The fourth-order valence-electron chi connectivity index (χ4n) is 10.3. The van der Waals surface area contributed by atoms with Gasteiger partial charge in [-0.3, -0.25) is 4.90 Å². The number of carbonyl (C=O) groups excluding carboxylic acids is 1. The molecule has 10 nitrogen and oxygen atoms in total. The second-order valence-electron chi connectivity index (χ2n) is 16.6. The van der Waals surface area contributed by atoms with Gasteiger partial charge in [-0.2, -0.15) is 0 Å². The highest BCUT2D eigenvalue weighted by Crippen LogP contribution is 2.62. The summed E-state index contributed by atoms with van der Waals surface area (Å²) in [5.74, 6) is 0.0975. The Hall–Kier alpha value is -5.39. The van der Waals surface area contributed by atoms with Gasteiger partial charge in [0.15, 0.2) is 0 Å². The van der Waals surface area contributed by atoms with Gasteiger partial charge >= 0.3 is 6.09 Å². The number of oxime groups is 1. The van der Waals surface area contributed by atoms with Crippen LogP contribution in [0.15, 0.2) is 133 Å². The average molecular weight is 873 g/mol. The molecular formula is C52H57ClN2O8. The summed E-state index contributed by atoms with van der Waals surface area (Å²) in [6.45, 7) is 4.59. The maximum absolute atomic E-state index is 14.7. The van der Waals surface area contributed by atoms with E-state index in [4.69, 9.17) is 40.5 Å². The lowest BCUT2D eigenvalue weighted by atomic mass is 9.55. The van der Waals surface area contributed by atoms with Crippen molar-refractivity contribution in [2.24, 2.45) is 22.9 Å². The number of halogens is 1. The van der Waals surface area contributed by atoms with Crippen LogP contribution in [0.1, 0.15) is 62.0 Å². The predicted molar refractivity (Wildman–Crippen MR) is 248 cm³/mol. The molecule has 0 aromatic heterocycles. The normalized spacial score (nSPS) is 23.0. The number of aliphatic hydroxyl groups excluding tert-OH is 2. The molecule has 1 saturated carbocycles. The molecule has 0 spiro atoms. The molecule has 5 aromatic rings. The first kappa shape index (κ1) is 44.2. The van der Waals surface area contributed by atoms with Crippen LogP contribution in [0.5, 0.6) is 17.2 Å². The van der Waals surface area contributed by atoms with Crippen LogP contribution in [0.3, 0.4) is 0 Å². The van der Waals surface area contributed by atoms with Gasteiger partial charge in [0.25, 0.3) is 0 Å². The van der Waals surface area contributed by atoms with E-state index >= 15 is 0 Å². The topological polar surface area (TPSA) is 119 Å². The number of hydrogen-bond acceptors (Lipinski definition) is 9. The first-order valence-electron chi connectivity index (χ1n) is 22.2. The van der Waals surface area contributed by atoms with Gasteiger partial charge in [-0.1, -0.05) is 103 Å². The van der Waals surface area contributed by atoms with Gasteiger partial charge in [0.2, 0.25) is 5.79 Å². The number of hydrogen-bond donors (Lipinski definition) is 2. The van der Waals surface area contributed by atoms with Crippen LogP contribution in [0.2, 0.25) is 0 Å². The van der Waals surface area contributed by atoms with Crippen molar-refractivity contribution in [2.75, 3.05) is 39.4 Å². The predicted octanol–water partition coefficient (Wildman–Crippen LogP) is 10.9. The number of nitrogens with zero attached hydrogens (tertiary/aromatic N) is 2. The summed E-state index contributed by atoms with van der Waals surface area (Å²) in [4.78, 5) is 22.1. The molecule has 2 aliphatic carbocycles. The molecule has 5 aromatic carbocycles. The van der Waals surface area contributed by atoms with Gasteiger partial charge in [0.05, 0.1) is 30.7 Å². The van der Waals surface area contributed by atoms with Crippen LogP contribution in [-0.4, -0.2) is 78.2 Å². The van der Waals surface area contributed by atoms with Gasteiger partial charge in [-0.15, -0.1) is 18.2 Å². The molecule has 1 amide bonds. The fraction of sp³-hybridized carbons (Fsp3) is 0.385. The van der Waals surface area contributed by atoms with E-state index in [1.54, 1.807) is 18.1 Å². The summed E-state index contributed by atoms with van der Waals surface area (Å²) >= 11 is 6.14. The van der Waals surface area contributed by atoms with E-state index < -0.39 is 23.8 Å². The number of alkyl halides is 1. The van der Waals surface area contributed by atoms with Crippen LogP contribution in [0.4, 0.5) is 4.79 Å². The minimum Gasteiger partial charge on any atom is -0.459 e. The summed E-state index contributed by atoms with van der Waals surface area (Å²) < 4.78 is 27.1. The van der Waals surface area contributed by atoms with Gasteiger partial charge in [0, 0.05) is 31.1 Å². The molecule has 1 aliphatic heterocycles. The third-order valence-corrected chi connectivity index (χ3v) is 13.1. The number of benzene rings is 5. The van der Waals surface area contributed by atoms with E-state index in [0.29, 0.717) is 35.8 Å². The van der Waals surface area contributed by atoms with Crippen molar-refractivity contribution in [3.8, 4) is 17.2 Å². The number of rotatable bonds is 19. The van der Waals surface area contributed by atoms with E-state index in [0.717, 1.165) is 63.9 Å². The smallest absolute Gasteiger partial charge is 0.410 e. The molecule has 2 N–H and O–H groups in total. The minimum atomic E-state index is -1.46. The molecule has 3 aliphatic rings. The molecule has 1 heterocycles. The molecule has 1 fully saturated rings. The summed E-state index contributed by atoms with van der Waals surface area (Å²) in [6, 6.07) is 33.7. The zero-order valence-electron chi connectivity index (χ0n) is 35.9. The lowest BCUT2D eigenvalue weighted by Gasteiger charge is -2.59. The standard InChI is InChI=1S/C52H57ClN2O8/c1-3-28-61-52-48(55(51(58)60-29-25-53)34-39-18-12-17-36-14-6-7-19-42(36)39)33-46(54-59-2)44-31-38(16-8-10-26-56)43(20-9-11-27-57)49(50(44)52)45-32-41(23-24-47(45)63-52)62-40-22-21-35-13-4-5-15-37(35)30-40/h3-7,12-15,17-19,21-24,30-32,38,43,48-50,56-57H,1,8-11,16,20,25-29,33-34H2,2H3. The molecular weight excluding hydrogens is 816 g/mol. The van der Waals surface area contributed by atoms with Crippen molar-refractivity contribution in [1.82, 2.24) is 4.90 Å². The largest absolute Gasteiger partial charge is 0.459 e. The van der Waals surface area contributed by atoms with Crippen LogP contribution in [0, 0.1) is 17.8 Å². The second kappa shape index (κ2) is 20.4. The first-order valence-corrected chi connectivity index (χ1v) is 22.7. The lowest BCUT2D eigenvalue weighted by molar-refractivity contribution is -0.256. The molecule has 330 valence electrons. The van der Waals surface area contributed by atoms with Crippen LogP contribution < -0.4 is 9.47 Å². The number of carbonyl (C=O) groups is 1. The zero-order chi connectivity index (χ0) is 43.8. The third-order valence-electron chi connectivity index (χ3n) is 12.9. The summed E-state index contributed by atoms with van der Waals surface area (Å²) in [6.07, 6.45) is 8.33. The zero-order valence-corrected chi connectivity index (χ0v) is 36.6.